The minimum Gasteiger partial charge on any atom is -0.493 e. The Morgan fingerprint density at radius 2 is 1.93 bits per heavy atom. The van der Waals surface area contributed by atoms with Crippen molar-refractivity contribution in [3.63, 3.8) is 0 Å². The summed E-state index contributed by atoms with van der Waals surface area (Å²) in [6.07, 6.45) is 2.99. The summed E-state index contributed by atoms with van der Waals surface area (Å²) in [5.74, 6) is -0.168. The van der Waals surface area contributed by atoms with E-state index in [2.05, 4.69) is 10.3 Å². The van der Waals surface area contributed by atoms with E-state index in [0.29, 0.717) is 32.7 Å². The number of aromatic nitrogens is 1. The second kappa shape index (κ2) is 8.52. The Morgan fingerprint density at radius 3 is 2.55 bits per heavy atom. The van der Waals surface area contributed by atoms with E-state index in [1.165, 1.54) is 0 Å². The van der Waals surface area contributed by atoms with Crippen molar-refractivity contribution in [2.45, 2.75) is 30.8 Å². The van der Waals surface area contributed by atoms with Crippen LogP contribution in [0.15, 0.2) is 42.6 Å². The number of rotatable bonds is 7. The van der Waals surface area contributed by atoms with Gasteiger partial charge in [0.1, 0.15) is 5.75 Å². The van der Waals surface area contributed by atoms with E-state index in [1.54, 1.807) is 6.20 Å². The molecule has 152 valence electrons. The molecule has 2 aliphatic heterocycles. The first-order valence-corrected chi connectivity index (χ1v) is 10.4. The van der Waals surface area contributed by atoms with Crippen LogP contribution in [0.2, 0.25) is 0 Å². The Bertz CT molecular complexity index is 879. The molecule has 4 rings (SSSR count). The Labute approximate surface area is 173 Å². The largest absolute Gasteiger partial charge is 0.493 e. The van der Waals surface area contributed by atoms with E-state index < -0.39 is 5.79 Å². The Morgan fingerprint density at radius 1 is 1.17 bits per heavy atom. The van der Waals surface area contributed by atoms with Gasteiger partial charge in [0.05, 0.1) is 25.1 Å². The maximum absolute atomic E-state index is 11.6. The van der Waals surface area contributed by atoms with Gasteiger partial charge in [-0.05, 0) is 37.1 Å². The first-order valence-electron chi connectivity index (χ1n) is 9.48. The Kier molecular flexibility index (Phi) is 5.84. The number of pyridine rings is 1. The fraction of sp³-hybridized carbons (Fsp3) is 0.381. The second-order valence-electron chi connectivity index (χ2n) is 7.01. The summed E-state index contributed by atoms with van der Waals surface area (Å²) >= 11 is 1.04. The molecule has 2 saturated heterocycles. The van der Waals surface area contributed by atoms with Gasteiger partial charge in [0.15, 0.2) is 5.79 Å². The smallest absolute Gasteiger partial charge is 0.286 e. The zero-order chi connectivity index (χ0) is 20.3. The minimum atomic E-state index is -0.700. The number of nitrogens with zero attached hydrogens (tertiary/aromatic N) is 1. The van der Waals surface area contributed by atoms with Crippen LogP contribution in [-0.2, 0) is 32.9 Å². The molecule has 1 unspecified atom stereocenters. The van der Waals surface area contributed by atoms with Crippen LogP contribution in [0, 0.1) is 0 Å². The molecule has 3 heterocycles. The SMILES string of the molecule is CC1(c2ccc(CCOc3ccc(CC4SC(=O)NC4=O)cc3)nc2)OCCO1. The molecule has 1 aromatic carbocycles. The molecule has 0 radical (unpaired) electrons. The van der Waals surface area contributed by atoms with Crippen molar-refractivity contribution in [1.29, 1.82) is 0 Å². The highest BCUT2D eigenvalue weighted by molar-refractivity contribution is 8.15. The van der Waals surface area contributed by atoms with Gasteiger partial charge < -0.3 is 14.2 Å². The third kappa shape index (κ3) is 4.77. The van der Waals surface area contributed by atoms with Gasteiger partial charge in [-0.2, -0.15) is 0 Å². The number of thioether (sulfide) groups is 1. The first kappa shape index (κ1) is 19.9. The third-order valence-corrected chi connectivity index (χ3v) is 5.91. The number of hydrogen-bond donors (Lipinski definition) is 1. The van der Waals surface area contributed by atoms with Crippen molar-refractivity contribution in [3.8, 4) is 5.75 Å². The number of benzene rings is 1. The average Bonchev–Trinajstić information content (AvgIpc) is 3.29. The van der Waals surface area contributed by atoms with E-state index >= 15 is 0 Å². The van der Waals surface area contributed by atoms with Crippen LogP contribution in [0.1, 0.15) is 23.7 Å². The number of nitrogens with one attached hydrogen (secondary N) is 1. The lowest BCUT2D eigenvalue weighted by atomic mass is 10.1. The molecular weight excluding hydrogens is 392 g/mol. The fourth-order valence-corrected chi connectivity index (χ4v) is 4.12. The van der Waals surface area contributed by atoms with Crippen molar-refractivity contribution >= 4 is 22.9 Å². The molecule has 0 bridgehead atoms. The number of carbonyl (C=O) groups is 2. The normalized spacial score (nSPS) is 20.7. The summed E-state index contributed by atoms with van der Waals surface area (Å²) in [6, 6.07) is 11.5. The predicted molar refractivity (Wildman–Crippen MR) is 108 cm³/mol. The van der Waals surface area contributed by atoms with Gasteiger partial charge >= 0.3 is 0 Å². The summed E-state index contributed by atoms with van der Waals surface area (Å²) < 4.78 is 17.1. The number of carbonyl (C=O) groups excluding carboxylic acids is 2. The van der Waals surface area contributed by atoms with Gasteiger partial charge in [0, 0.05) is 23.9 Å². The van der Waals surface area contributed by atoms with Gasteiger partial charge in [0.2, 0.25) is 5.91 Å². The lowest BCUT2D eigenvalue weighted by molar-refractivity contribution is -0.150. The van der Waals surface area contributed by atoms with Crippen molar-refractivity contribution < 1.29 is 23.8 Å². The Hall–Kier alpha value is -2.42. The maximum Gasteiger partial charge on any atom is 0.286 e. The van der Waals surface area contributed by atoms with Crippen molar-refractivity contribution in [2.24, 2.45) is 0 Å². The second-order valence-corrected chi connectivity index (χ2v) is 8.19. The van der Waals surface area contributed by atoms with Gasteiger partial charge in [-0.3, -0.25) is 19.9 Å². The fourth-order valence-electron chi connectivity index (χ4n) is 3.26. The molecular formula is C21H22N2O5S. The molecule has 1 aromatic heterocycles. The van der Waals surface area contributed by atoms with Gasteiger partial charge in [-0.1, -0.05) is 30.0 Å². The molecule has 1 N–H and O–H groups in total. The zero-order valence-corrected chi connectivity index (χ0v) is 16.9. The van der Waals surface area contributed by atoms with E-state index in [-0.39, 0.29) is 16.4 Å². The lowest BCUT2D eigenvalue weighted by Crippen LogP contribution is -2.25. The van der Waals surface area contributed by atoms with Crippen LogP contribution >= 0.6 is 11.8 Å². The average molecular weight is 414 g/mol. The number of imide groups is 1. The van der Waals surface area contributed by atoms with Gasteiger partial charge in [0.25, 0.3) is 5.24 Å². The topological polar surface area (TPSA) is 86.8 Å². The van der Waals surface area contributed by atoms with Crippen molar-refractivity contribution in [3.05, 3.63) is 59.4 Å². The minimum absolute atomic E-state index is 0.223. The quantitative estimate of drug-likeness (QED) is 0.745. The summed E-state index contributed by atoms with van der Waals surface area (Å²) in [4.78, 5) is 27.4. The maximum atomic E-state index is 11.6. The van der Waals surface area contributed by atoms with Crippen LogP contribution in [0.3, 0.4) is 0 Å². The van der Waals surface area contributed by atoms with E-state index in [9.17, 15) is 9.59 Å². The molecule has 0 aliphatic carbocycles. The Balaban J connectivity index is 1.25. The third-order valence-electron chi connectivity index (χ3n) is 4.93. The monoisotopic (exact) mass is 414 g/mol. The van der Waals surface area contributed by atoms with Crippen LogP contribution in [0.5, 0.6) is 5.75 Å². The molecule has 8 heteroatoms. The van der Waals surface area contributed by atoms with Crippen LogP contribution in [-0.4, -0.2) is 41.2 Å². The highest BCUT2D eigenvalue weighted by Gasteiger charge is 2.33. The highest BCUT2D eigenvalue weighted by atomic mass is 32.2. The van der Waals surface area contributed by atoms with Gasteiger partial charge in [-0.25, -0.2) is 0 Å². The van der Waals surface area contributed by atoms with Gasteiger partial charge in [-0.15, -0.1) is 0 Å². The molecule has 7 nitrogen and oxygen atoms in total. The highest BCUT2D eigenvalue weighted by Crippen LogP contribution is 2.30. The van der Waals surface area contributed by atoms with Crippen molar-refractivity contribution in [2.75, 3.05) is 19.8 Å². The first-order chi connectivity index (χ1) is 14.0. The summed E-state index contributed by atoms with van der Waals surface area (Å²) in [5, 5.41) is 1.67. The standard InChI is InChI=1S/C21H22N2O5S/c1-21(27-10-11-28-21)15-4-5-16(22-13-15)8-9-26-17-6-2-14(3-7-17)12-18-19(24)23-20(25)29-18/h2-7,13,18H,8-12H2,1H3,(H,23,24,25). The van der Waals surface area contributed by atoms with E-state index in [1.807, 2.05) is 43.3 Å². The van der Waals surface area contributed by atoms with Crippen molar-refractivity contribution in [1.82, 2.24) is 10.3 Å². The zero-order valence-electron chi connectivity index (χ0n) is 16.1. The van der Waals surface area contributed by atoms with E-state index in [4.69, 9.17) is 14.2 Å². The molecule has 0 spiro atoms. The molecule has 1 atom stereocenters. The molecule has 2 amide bonds. The molecule has 2 aromatic rings. The van der Waals surface area contributed by atoms with Crippen LogP contribution < -0.4 is 10.1 Å². The van der Waals surface area contributed by atoms with Crippen LogP contribution in [0.4, 0.5) is 4.79 Å². The number of hydrogen-bond acceptors (Lipinski definition) is 7. The number of amides is 2. The van der Waals surface area contributed by atoms with Crippen LogP contribution in [0.25, 0.3) is 0 Å². The summed E-state index contributed by atoms with van der Waals surface area (Å²) in [7, 11) is 0. The molecule has 2 fully saturated rings. The summed E-state index contributed by atoms with van der Waals surface area (Å²) in [6.45, 7) is 3.59. The molecule has 0 saturated carbocycles. The lowest BCUT2D eigenvalue weighted by Gasteiger charge is -2.22. The summed E-state index contributed by atoms with van der Waals surface area (Å²) in [5.41, 5.74) is 2.83. The molecule has 29 heavy (non-hydrogen) atoms. The molecule has 2 aliphatic rings. The predicted octanol–water partition coefficient (Wildman–Crippen LogP) is 2.82. The number of ether oxygens (including phenoxy) is 3. The van der Waals surface area contributed by atoms with E-state index in [0.717, 1.165) is 34.3 Å².